The lowest BCUT2D eigenvalue weighted by atomic mass is 10.1. The number of rotatable bonds is 5. The average Bonchev–Trinajstić information content (AvgIpc) is 3.32. The van der Waals surface area contributed by atoms with E-state index in [0.717, 1.165) is 21.7 Å². The van der Waals surface area contributed by atoms with Crippen LogP contribution in [0.1, 0.15) is 20.8 Å². The van der Waals surface area contributed by atoms with Gasteiger partial charge in [0.1, 0.15) is 5.82 Å². The van der Waals surface area contributed by atoms with Crippen LogP contribution in [0.3, 0.4) is 0 Å². The van der Waals surface area contributed by atoms with Gasteiger partial charge in [-0.1, -0.05) is 12.1 Å². The van der Waals surface area contributed by atoms with Gasteiger partial charge in [-0.25, -0.2) is 9.37 Å². The number of anilines is 1. The number of thiazole rings is 1. The first-order chi connectivity index (χ1) is 13.6. The van der Waals surface area contributed by atoms with E-state index in [4.69, 9.17) is 0 Å². The number of aryl methyl sites for hydroxylation is 1. The fourth-order valence-electron chi connectivity index (χ4n) is 2.84. The van der Waals surface area contributed by atoms with Crippen LogP contribution >= 0.6 is 11.3 Å². The van der Waals surface area contributed by atoms with Crippen molar-refractivity contribution in [1.82, 2.24) is 14.8 Å². The van der Waals surface area contributed by atoms with Gasteiger partial charge >= 0.3 is 0 Å². The van der Waals surface area contributed by atoms with Crippen LogP contribution in [0.25, 0.3) is 11.3 Å². The van der Waals surface area contributed by atoms with E-state index in [2.05, 4.69) is 15.4 Å². The molecular formula is C21H17FN4OS. The number of hydrogen-bond donors (Lipinski definition) is 1. The Hall–Kier alpha value is -3.32. The molecule has 0 saturated carbocycles. The molecule has 0 saturated heterocycles. The van der Waals surface area contributed by atoms with Crippen LogP contribution in [-0.2, 0) is 6.54 Å². The molecule has 1 amide bonds. The van der Waals surface area contributed by atoms with E-state index < -0.39 is 0 Å². The Bertz CT molecular complexity index is 1090. The molecule has 0 atom stereocenters. The SMILES string of the molecule is Cc1sc(NC(=O)c2ccc(Cn3cccn3)cc2)nc1-c1ccc(F)cc1. The smallest absolute Gasteiger partial charge is 0.257 e. The zero-order valence-corrected chi connectivity index (χ0v) is 15.9. The van der Waals surface area contributed by atoms with E-state index in [1.807, 2.05) is 36.0 Å². The second kappa shape index (κ2) is 7.74. The van der Waals surface area contributed by atoms with E-state index in [1.54, 1.807) is 30.5 Å². The van der Waals surface area contributed by atoms with Crippen molar-refractivity contribution in [1.29, 1.82) is 0 Å². The first-order valence-corrected chi connectivity index (χ1v) is 9.51. The molecule has 0 aliphatic rings. The average molecular weight is 392 g/mol. The van der Waals surface area contributed by atoms with Gasteiger partial charge in [0.05, 0.1) is 12.2 Å². The van der Waals surface area contributed by atoms with Crippen LogP contribution in [0.5, 0.6) is 0 Å². The van der Waals surface area contributed by atoms with E-state index in [9.17, 15) is 9.18 Å². The first-order valence-electron chi connectivity index (χ1n) is 8.69. The summed E-state index contributed by atoms with van der Waals surface area (Å²) >= 11 is 1.39. The molecule has 0 aliphatic carbocycles. The molecule has 4 aromatic rings. The maximum absolute atomic E-state index is 13.1. The topological polar surface area (TPSA) is 59.8 Å². The second-order valence-corrected chi connectivity index (χ2v) is 7.49. The van der Waals surface area contributed by atoms with Gasteiger partial charge in [0.25, 0.3) is 5.91 Å². The molecule has 0 unspecified atom stereocenters. The predicted octanol–water partition coefficient (Wildman–Crippen LogP) is 4.75. The molecule has 2 aromatic heterocycles. The number of carbonyl (C=O) groups excluding carboxylic acids is 1. The Labute approximate surface area is 165 Å². The summed E-state index contributed by atoms with van der Waals surface area (Å²) in [7, 11) is 0. The maximum atomic E-state index is 13.1. The summed E-state index contributed by atoms with van der Waals surface area (Å²) in [5.41, 5.74) is 3.18. The summed E-state index contributed by atoms with van der Waals surface area (Å²) in [5, 5.41) is 7.53. The highest BCUT2D eigenvalue weighted by Crippen LogP contribution is 2.30. The molecule has 140 valence electrons. The molecule has 0 fully saturated rings. The number of hydrogen-bond acceptors (Lipinski definition) is 4. The zero-order valence-electron chi connectivity index (χ0n) is 15.1. The number of benzene rings is 2. The van der Waals surface area contributed by atoms with Gasteiger partial charge in [-0.15, -0.1) is 11.3 Å². The number of nitrogens with zero attached hydrogens (tertiary/aromatic N) is 3. The van der Waals surface area contributed by atoms with Crippen molar-refractivity contribution in [2.45, 2.75) is 13.5 Å². The fourth-order valence-corrected chi connectivity index (χ4v) is 3.67. The van der Waals surface area contributed by atoms with Crippen molar-refractivity contribution in [3.63, 3.8) is 0 Å². The second-order valence-electron chi connectivity index (χ2n) is 6.29. The minimum Gasteiger partial charge on any atom is -0.298 e. The number of nitrogens with one attached hydrogen (secondary N) is 1. The Kier molecular flexibility index (Phi) is 4.99. The lowest BCUT2D eigenvalue weighted by Crippen LogP contribution is -2.11. The number of halogens is 1. The molecular weight excluding hydrogens is 375 g/mol. The fraction of sp³-hybridized carbons (Fsp3) is 0.0952. The lowest BCUT2D eigenvalue weighted by Gasteiger charge is -2.05. The van der Waals surface area contributed by atoms with Crippen LogP contribution in [0.4, 0.5) is 9.52 Å². The monoisotopic (exact) mass is 392 g/mol. The van der Waals surface area contributed by atoms with Crippen LogP contribution in [0.2, 0.25) is 0 Å². The lowest BCUT2D eigenvalue weighted by molar-refractivity contribution is 0.102. The quantitative estimate of drug-likeness (QED) is 0.533. The minimum atomic E-state index is -0.291. The molecule has 5 nitrogen and oxygen atoms in total. The molecule has 0 bridgehead atoms. The third-order valence-corrected chi connectivity index (χ3v) is 5.14. The minimum absolute atomic E-state index is 0.218. The number of amides is 1. The summed E-state index contributed by atoms with van der Waals surface area (Å²) in [4.78, 5) is 18.0. The molecule has 0 radical (unpaired) electrons. The molecule has 7 heteroatoms. The largest absolute Gasteiger partial charge is 0.298 e. The van der Waals surface area contributed by atoms with Crippen molar-refractivity contribution in [3.05, 3.63) is 88.8 Å². The van der Waals surface area contributed by atoms with E-state index in [1.165, 1.54) is 23.5 Å². The molecule has 28 heavy (non-hydrogen) atoms. The van der Waals surface area contributed by atoms with Crippen molar-refractivity contribution in [3.8, 4) is 11.3 Å². The van der Waals surface area contributed by atoms with Crippen molar-refractivity contribution in [2.75, 3.05) is 5.32 Å². The van der Waals surface area contributed by atoms with Gasteiger partial charge in [0.2, 0.25) is 0 Å². The van der Waals surface area contributed by atoms with Gasteiger partial charge in [0.15, 0.2) is 5.13 Å². The van der Waals surface area contributed by atoms with Gasteiger partial charge in [-0.2, -0.15) is 5.10 Å². The van der Waals surface area contributed by atoms with E-state index >= 15 is 0 Å². The number of carbonyl (C=O) groups is 1. The Morgan fingerprint density at radius 3 is 2.57 bits per heavy atom. The highest BCUT2D eigenvalue weighted by molar-refractivity contribution is 7.16. The Morgan fingerprint density at radius 1 is 1.14 bits per heavy atom. The third kappa shape index (κ3) is 3.99. The van der Waals surface area contributed by atoms with Crippen molar-refractivity contribution < 1.29 is 9.18 Å². The summed E-state index contributed by atoms with van der Waals surface area (Å²) in [5.74, 6) is -0.508. The normalized spacial score (nSPS) is 10.8. The molecule has 0 aliphatic heterocycles. The first kappa shape index (κ1) is 18.1. The van der Waals surface area contributed by atoms with Gasteiger partial charge in [0, 0.05) is 28.4 Å². The maximum Gasteiger partial charge on any atom is 0.257 e. The summed E-state index contributed by atoms with van der Waals surface area (Å²) in [6, 6.07) is 15.4. The number of aromatic nitrogens is 3. The molecule has 2 aromatic carbocycles. The summed E-state index contributed by atoms with van der Waals surface area (Å²) < 4.78 is 14.9. The van der Waals surface area contributed by atoms with Crippen molar-refractivity contribution in [2.24, 2.45) is 0 Å². The molecule has 1 N–H and O–H groups in total. The van der Waals surface area contributed by atoms with Crippen LogP contribution in [0, 0.1) is 12.7 Å². The highest BCUT2D eigenvalue weighted by Gasteiger charge is 2.13. The van der Waals surface area contributed by atoms with E-state index in [-0.39, 0.29) is 11.7 Å². The predicted molar refractivity (Wildman–Crippen MR) is 108 cm³/mol. The van der Waals surface area contributed by atoms with Crippen LogP contribution in [0.15, 0.2) is 67.0 Å². The van der Waals surface area contributed by atoms with Crippen molar-refractivity contribution >= 4 is 22.4 Å². The molecule has 0 spiro atoms. The highest BCUT2D eigenvalue weighted by atomic mass is 32.1. The Morgan fingerprint density at radius 2 is 1.89 bits per heavy atom. The van der Waals surface area contributed by atoms with Gasteiger partial charge < -0.3 is 0 Å². The Balaban J connectivity index is 1.46. The standard InChI is InChI=1S/C21H17FN4OS/c1-14-19(16-7-9-18(22)10-8-16)24-21(28-14)25-20(27)17-5-3-15(4-6-17)13-26-12-2-11-23-26/h2-12H,13H2,1H3,(H,24,25,27). The van der Waals surface area contributed by atoms with Crippen LogP contribution < -0.4 is 5.32 Å². The van der Waals surface area contributed by atoms with E-state index in [0.29, 0.717) is 17.2 Å². The van der Waals surface area contributed by atoms with Crippen LogP contribution in [-0.4, -0.2) is 20.7 Å². The summed E-state index contributed by atoms with van der Waals surface area (Å²) in [6.07, 6.45) is 3.63. The zero-order chi connectivity index (χ0) is 19.5. The summed E-state index contributed by atoms with van der Waals surface area (Å²) in [6.45, 7) is 2.58. The van der Waals surface area contributed by atoms with Gasteiger partial charge in [-0.3, -0.25) is 14.8 Å². The molecule has 2 heterocycles. The molecule has 4 rings (SSSR count). The third-order valence-electron chi connectivity index (χ3n) is 4.25. The van der Waals surface area contributed by atoms with Gasteiger partial charge in [-0.05, 0) is 55.0 Å².